The Morgan fingerprint density at radius 2 is 2.32 bits per heavy atom. The van der Waals surface area contributed by atoms with Gasteiger partial charge in [0.05, 0.1) is 12.7 Å². The number of nitrogens with zero attached hydrogens (tertiary/aromatic N) is 1. The number of nitrogens with one attached hydrogen (secondary N) is 1. The summed E-state index contributed by atoms with van der Waals surface area (Å²) in [5, 5.41) is 12.5. The first-order valence-corrected chi connectivity index (χ1v) is 9.44. The lowest BCUT2D eigenvalue weighted by Gasteiger charge is -2.35. The number of ether oxygens (including phenoxy) is 1. The minimum atomic E-state index is -3.10. The lowest BCUT2D eigenvalue weighted by atomic mass is 10.3. The fraction of sp³-hybridized carbons (Fsp3) is 1.00. The third kappa shape index (κ3) is 6.42. The molecule has 0 aromatic carbocycles. The van der Waals surface area contributed by atoms with Crippen molar-refractivity contribution in [3.05, 3.63) is 0 Å². The molecule has 0 spiro atoms. The molecule has 0 aliphatic carbocycles. The number of rotatable bonds is 8. The zero-order valence-corrected chi connectivity index (χ0v) is 13.2. The quantitative estimate of drug-likeness (QED) is 0.557. The van der Waals surface area contributed by atoms with Gasteiger partial charge in [0.15, 0.2) is 9.84 Å². The van der Waals surface area contributed by atoms with Crippen molar-refractivity contribution < 1.29 is 18.3 Å². The maximum Gasteiger partial charge on any atom is 0.164 e. The van der Waals surface area contributed by atoms with Gasteiger partial charge in [0.25, 0.3) is 0 Å². The van der Waals surface area contributed by atoms with Crippen molar-refractivity contribution in [2.45, 2.75) is 11.5 Å². The van der Waals surface area contributed by atoms with E-state index in [2.05, 4.69) is 5.32 Å². The van der Waals surface area contributed by atoms with Crippen molar-refractivity contribution in [2.75, 3.05) is 57.7 Å². The fourth-order valence-corrected chi connectivity index (χ4v) is 4.95. The second kappa shape index (κ2) is 8.43. The SMILES string of the molecule is COCCNCC(O)CN1CCSCC1S(C)(=O)=O. The van der Waals surface area contributed by atoms with E-state index < -0.39 is 21.3 Å². The monoisotopic (exact) mass is 312 g/mol. The van der Waals surface area contributed by atoms with Gasteiger partial charge in [-0.25, -0.2) is 8.42 Å². The number of thioether (sulfide) groups is 1. The molecular weight excluding hydrogens is 288 g/mol. The number of aliphatic hydroxyl groups is 1. The van der Waals surface area contributed by atoms with Gasteiger partial charge in [-0.2, -0.15) is 11.8 Å². The van der Waals surface area contributed by atoms with Crippen molar-refractivity contribution in [1.29, 1.82) is 0 Å². The average Bonchev–Trinajstić information content (AvgIpc) is 2.34. The largest absolute Gasteiger partial charge is 0.390 e. The normalized spacial score (nSPS) is 23.4. The highest BCUT2D eigenvalue weighted by Crippen LogP contribution is 2.20. The molecule has 1 aliphatic rings. The van der Waals surface area contributed by atoms with Crippen LogP contribution in [0.2, 0.25) is 0 Å². The second-order valence-corrected chi connectivity index (χ2v) is 8.06. The van der Waals surface area contributed by atoms with Gasteiger partial charge in [0, 0.05) is 51.1 Å². The molecular formula is C11H24N2O4S2. The summed E-state index contributed by atoms with van der Waals surface area (Å²) < 4.78 is 28.3. The third-order valence-corrected chi connectivity index (χ3v) is 5.68. The van der Waals surface area contributed by atoms with Gasteiger partial charge in [-0.15, -0.1) is 0 Å². The molecule has 2 atom stereocenters. The number of hydrogen-bond acceptors (Lipinski definition) is 7. The zero-order chi connectivity index (χ0) is 14.3. The van der Waals surface area contributed by atoms with Gasteiger partial charge >= 0.3 is 0 Å². The van der Waals surface area contributed by atoms with E-state index >= 15 is 0 Å². The maximum atomic E-state index is 11.7. The smallest absolute Gasteiger partial charge is 0.164 e. The van der Waals surface area contributed by atoms with Crippen LogP contribution in [0.5, 0.6) is 0 Å². The van der Waals surface area contributed by atoms with E-state index in [1.54, 1.807) is 18.9 Å². The van der Waals surface area contributed by atoms with E-state index in [-0.39, 0.29) is 0 Å². The van der Waals surface area contributed by atoms with Crippen molar-refractivity contribution >= 4 is 21.6 Å². The summed E-state index contributed by atoms with van der Waals surface area (Å²) >= 11 is 1.65. The molecule has 19 heavy (non-hydrogen) atoms. The van der Waals surface area contributed by atoms with Crippen LogP contribution < -0.4 is 5.32 Å². The lowest BCUT2D eigenvalue weighted by molar-refractivity contribution is 0.106. The Balaban J connectivity index is 2.40. The van der Waals surface area contributed by atoms with E-state index in [9.17, 15) is 13.5 Å². The molecule has 0 aromatic heterocycles. The summed E-state index contributed by atoms with van der Waals surface area (Å²) in [6.07, 6.45) is 0.698. The summed E-state index contributed by atoms with van der Waals surface area (Å²) in [6.45, 7) is 2.82. The van der Waals surface area contributed by atoms with Gasteiger partial charge in [-0.05, 0) is 0 Å². The molecule has 0 aromatic rings. The van der Waals surface area contributed by atoms with Crippen LogP contribution in [0, 0.1) is 0 Å². The number of methoxy groups -OCH3 is 1. The third-order valence-electron chi connectivity index (χ3n) is 2.99. The molecule has 6 nitrogen and oxygen atoms in total. The maximum absolute atomic E-state index is 11.7. The molecule has 0 saturated carbocycles. The summed E-state index contributed by atoms with van der Waals surface area (Å²) in [6, 6.07) is 0. The lowest BCUT2D eigenvalue weighted by Crippen LogP contribution is -2.51. The van der Waals surface area contributed by atoms with Crippen LogP contribution in [0.1, 0.15) is 0 Å². The van der Waals surface area contributed by atoms with E-state index in [0.29, 0.717) is 38.5 Å². The standard InChI is InChI=1S/C11H24N2O4S2/c1-17-5-3-12-7-10(14)8-13-4-6-18-9-11(13)19(2,15)16/h10-12,14H,3-9H2,1-2H3. The van der Waals surface area contributed by atoms with Crippen molar-refractivity contribution in [1.82, 2.24) is 10.2 Å². The molecule has 1 rings (SSSR count). The van der Waals surface area contributed by atoms with Crippen molar-refractivity contribution in [2.24, 2.45) is 0 Å². The minimum absolute atomic E-state index is 0.387. The molecule has 1 saturated heterocycles. The molecule has 0 radical (unpaired) electrons. The van der Waals surface area contributed by atoms with Crippen LogP contribution in [0.25, 0.3) is 0 Å². The first kappa shape index (κ1) is 17.2. The molecule has 2 unspecified atom stereocenters. The van der Waals surface area contributed by atoms with E-state index in [0.717, 1.165) is 5.75 Å². The highest BCUT2D eigenvalue weighted by atomic mass is 32.2. The average molecular weight is 312 g/mol. The molecule has 1 aliphatic heterocycles. The predicted molar refractivity (Wildman–Crippen MR) is 78.3 cm³/mol. The first-order chi connectivity index (χ1) is 8.95. The molecule has 114 valence electrons. The Labute approximate surface area is 119 Å². The van der Waals surface area contributed by atoms with Gasteiger partial charge < -0.3 is 15.2 Å². The number of sulfone groups is 1. The Bertz CT molecular complexity index is 351. The molecule has 0 amide bonds. The van der Waals surface area contributed by atoms with Crippen molar-refractivity contribution in [3.8, 4) is 0 Å². The molecule has 1 fully saturated rings. The second-order valence-electron chi connectivity index (χ2n) is 4.70. The van der Waals surface area contributed by atoms with Gasteiger partial charge in [0.1, 0.15) is 5.37 Å². The molecule has 1 heterocycles. The Hall–Kier alpha value is 0.140. The van der Waals surface area contributed by atoms with Crippen molar-refractivity contribution in [3.63, 3.8) is 0 Å². The summed E-state index contributed by atoms with van der Waals surface area (Å²) in [5.41, 5.74) is 0. The highest BCUT2D eigenvalue weighted by molar-refractivity contribution is 8.00. The summed E-state index contributed by atoms with van der Waals surface area (Å²) in [7, 11) is -1.47. The molecule has 8 heteroatoms. The Kier molecular flexibility index (Phi) is 7.63. The van der Waals surface area contributed by atoms with Gasteiger partial charge in [-0.3, -0.25) is 4.90 Å². The zero-order valence-electron chi connectivity index (χ0n) is 11.5. The summed E-state index contributed by atoms with van der Waals surface area (Å²) in [5.74, 6) is 1.50. The van der Waals surface area contributed by atoms with Gasteiger partial charge in [-0.1, -0.05) is 0 Å². The fourth-order valence-electron chi connectivity index (χ4n) is 2.00. The van der Waals surface area contributed by atoms with E-state index in [4.69, 9.17) is 4.74 Å². The van der Waals surface area contributed by atoms with Crippen LogP contribution in [0.3, 0.4) is 0 Å². The highest BCUT2D eigenvalue weighted by Gasteiger charge is 2.31. The van der Waals surface area contributed by atoms with Gasteiger partial charge in [0.2, 0.25) is 0 Å². The number of β-amino-alcohol motifs (C(OH)–C–C–N with tert-alkyl or cyclic N) is 1. The minimum Gasteiger partial charge on any atom is -0.390 e. The number of hydrogen-bond donors (Lipinski definition) is 2. The number of aliphatic hydroxyl groups excluding tert-OH is 1. The van der Waals surface area contributed by atoms with Crippen LogP contribution in [-0.4, -0.2) is 87.6 Å². The topological polar surface area (TPSA) is 78.9 Å². The first-order valence-electron chi connectivity index (χ1n) is 6.33. The van der Waals surface area contributed by atoms with E-state index in [1.807, 2.05) is 4.90 Å². The molecule has 0 bridgehead atoms. The summed E-state index contributed by atoms with van der Waals surface area (Å²) in [4.78, 5) is 1.87. The van der Waals surface area contributed by atoms with Crippen LogP contribution >= 0.6 is 11.8 Å². The van der Waals surface area contributed by atoms with Crippen LogP contribution in [0.15, 0.2) is 0 Å². The molecule has 2 N–H and O–H groups in total. The van der Waals surface area contributed by atoms with Crippen LogP contribution in [-0.2, 0) is 14.6 Å². The van der Waals surface area contributed by atoms with E-state index in [1.165, 1.54) is 6.26 Å². The Morgan fingerprint density at radius 3 is 2.95 bits per heavy atom. The Morgan fingerprint density at radius 1 is 1.58 bits per heavy atom. The van der Waals surface area contributed by atoms with Crippen LogP contribution in [0.4, 0.5) is 0 Å². The predicted octanol–water partition coefficient (Wildman–Crippen LogP) is -0.997.